The van der Waals surface area contributed by atoms with Crippen LogP contribution in [-0.2, 0) is 4.79 Å². The van der Waals surface area contributed by atoms with E-state index in [1.807, 2.05) is 27.7 Å². The van der Waals surface area contributed by atoms with Crippen LogP contribution in [0.5, 0.6) is 5.75 Å². The van der Waals surface area contributed by atoms with Crippen LogP contribution in [0.1, 0.15) is 31.4 Å². The predicted molar refractivity (Wildman–Crippen MR) is 65.7 cm³/mol. The first kappa shape index (κ1) is 12.6. The first-order valence-corrected chi connectivity index (χ1v) is 5.50. The molecule has 0 aliphatic carbocycles. The zero-order valence-corrected chi connectivity index (χ0v) is 10.3. The number of hydrogen-bond donors (Lipinski definition) is 2. The lowest BCUT2D eigenvalue weighted by molar-refractivity contribution is -0.116. The van der Waals surface area contributed by atoms with Crippen LogP contribution in [-0.4, -0.2) is 11.0 Å². The molecule has 3 heteroatoms. The van der Waals surface area contributed by atoms with Gasteiger partial charge in [0.05, 0.1) is 0 Å². The molecule has 0 saturated carbocycles. The van der Waals surface area contributed by atoms with Gasteiger partial charge >= 0.3 is 0 Å². The van der Waals surface area contributed by atoms with Crippen molar-refractivity contribution in [2.75, 3.05) is 5.32 Å². The number of carbonyl (C=O) groups is 1. The van der Waals surface area contributed by atoms with Gasteiger partial charge < -0.3 is 10.4 Å². The summed E-state index contributed by atoms with van der Waals surface area (Å²) >= 11 is 0. The fraction of sp³-hybridized carbons (Fsp3) is 0.462. The molecule has 0 fully saturated rings. The molecule has 1 amide bonds. The van der Waals surface area contributed by atoms with Gasteiger partial charge in [-0.15, -0.1) is 0 Å². The summed E-state index contributed by atoms with van der Waals surface area (Å²) in [5.41, 5.74) is 2.30. The maximum absolute atomic E-state index is 11.6. The number of phenolic OH excluding ortho intramolecular Hbond substituents is 1. The lowest BCUT2D eigenvalue weighted by Gasteiger charge is -2.10. The maximum Gasteiger partial charge on any atom is 0.224 e. The van der Waals surface area contributed by atoms with Crippen molar-refractivity contribution in [2.24, 2.45) is 5.92 Å². The summed E-state index contributed by atoms with van der Waals surface area (Å²) in [5.74, 6) is 0.653. The van der Waals surface area contributed by atoms with Gasteiger partial charge in [-0.1, -0.05) is 13.8 Å². The van der Waals surface area contributed by atoms with E-state index in [0.717, 1.165) is 16.8 Å². The summed E-state index contributed by atoms with van der Waals surface area (Å²) in [6.07, 6.45) is 0.513. The molecule has 3 nitrogen and oxygen atoms in total. The summed E-state index contributed by atoms with van der Waals surface area (Å²) in [6.45, 7) is 7.65. The molecule has 2 N–H and O–H groups in total. The quantitative estimate of drug-likeness (QED) is 0.771. The monoisotopic (exact) mass is 221 g/mol. The maximum atomic E-state index is 11.6. The standard InChI is InChI=1S/C13H19NO2/c1-8(2)5-12(15)14-11-6-9(3)13(16)10(4)7-11/h6-8,16H,5H2,1-4H3,(H,14,15). The molecule has 1 aromatic rings. The molecule has 88 valence electrons. The molecule has 16 heavy (non-hydrogen) atoms. The van der Waals surface area contributed by atoms with E-state index >= 15 is 0 Å². The number of rotatable bonds is 3. The first-order valence-electron chi connectivity index (χ1n) is 5.50. The molecule has 0 unspecified atom stereocenters. The fourth-order valence-corrected chi connectivity index (χ4v) is 1.61. The number of amides is 1. The summed E-state index contributed by atoms with van der Waals surface area (Å²) in [5, 5.41) is 12.4. The van der Waals surface area contributed by atoms with Gasteiger partial charge in [0.1, 0.15) is 5.75 Å². The summed E-state index contributed by atoms with van der Waals surface area (Å²) in [4.78, 5) is 11.6. The third-order valence-corrected chi connectivity index (χ3v) is 2.37. The Morgan fingerprint density at radius 1 is 1.31 bits per heavy atom. The minimum atomic E-state index is 0.0134. The third kappa shape index (κ3) is 3.26. The Morgan fingerprint density at radius 2 is 1.81 bits per heavy atom. The number of aromatic hydroxyl groups is 1. The Kier molecular flexibility index (Phi) is 3.93. The molecule has 0 spiro atoms. The van der Waals surface area contributed by atoms with Gasteiger partial charge in [0.2, 0.25) is 5.91 Å². The number of benzene rings is 1. The molecular formula is C13H19NO2. The highest BCUT2D eigenvalue weighted by atomic mass is 16.3. The lowest BCUT2D eigenvalue weighted by atomic mass is 10.1. The average molecular weight is 221 g/mol. The van der Waals surface area contributed by atoms with E-state index in [2.05, 4.69) is 5.32 Å². The van der Waals surface area contributed by atoms with Crippen molar-refractivity contribution >= 4 is 11.6 Å². The van der Waals surface area contributed by atoms with Crippen molar-refractivity contribution in [1.29, 1.82) is 0 Å². The van der Waals surface area contributed by atoms with E-state index in [9.17, 15) is 9.90 Å². The largest absolute Gasteiger partial charge is 0.507 e. The van der Waals surface area contributed by atoms with Crippen molar-refractivity contribution in [2.45, 2.75) is 34.1 Å². The molecule has 0 atom stereocenters. The average Bonchev–Trinajstić information content (AvgIpc) is 2.12. The molecular weight excluding hydrogens is 202 g/mol. The van der Waals surface area contributed by atoms with E-state index in [4.69, 9.17) is 0 Å². The second-order valence-electron chi connectivity index (χ2n) is 4.60. The zero-order chi connectivity index (χ0) is 12.3. The number of aryl methyl sites for hydroxylation is 2. The highest BCUT2D eigenvalue weighted by Crippen LogP contribution is 2.25. The normalized spacial score (nSPS) is 10.6. The van der Waals surface area contributed by atoms with Crippen LogP contribution in [0.2, 0.25) is 0 Å². The van der Waals surface area contributed by atoms with Crippen molar-refractivity contribution < 1.29 is 9.90 Å². The molecule has 0 bridgehead atoms. The van der Waals surface area contributed by atoms with Crippen molar-refractivity contribution in [3.05, 3.63) is 23.3 Å². The van der Waals surface area contributed by atoms with Gasteiger partial charge in [-0.25, -0.2) is 0 Å². The Balaban J connectivity index is 2.79. The van der Waals surface area contributed by atoms with E-state index in [1.165, 1.54) is 0 Å². The number of hydrogen-bond acceptors (Lipinski definition) is 2. The lowest BCUT2D eigenvalue weighted by Crippen LogP contribution is -2.14. The van der Waals surface area contributed by atoms with Crippen molar-refractivity contribution in [1.82, 2.24) is 0 Å². The summed E-state index contributed by atoms with van der Waals surface area (Å²) in [6, 6.07) is 3.56. The van der Waals surface area contributed by atoms with E-state index in [-0.39, 0.29) is 5.91 Å². The second-order valence-corrected chi connectivity index (χ2v) is 4.60. The highest BCUT2D eigenvalue weighted by molar-refractivity contribution is 5.91. The summed E-state index contributed by atoms with van der Waals surface area (Å²) in [7, 11) is 0. The van der Waals surface area contributed by atoms with Gasteiger partial charge in [0, 0.05) is 12.1 Å². The van der Waals surface area contributed by atoms with Crippen molar-refractivity contribution in [3.8, 4) is 5.75 Å². The van der Waals surface area contributed by atoms with Gasteiger partial charge in [0.15, 0.2) is 0 Å². The van der Waals surface area contributed by atoms with Crippen LogP contribution in [0.3, 0.4) is 0 Å². The predicted octanol–water partition coefficient (Wildman–Crippen LogP) is 2.99. The second kappa shape index (κ2) is 5.01. The molecule has 0 aliphatic rings. The fourth-order valence-electron chi connectivity index (χ4n) is 1.61. The number of carbonyl (C=O) groups excluding carboxylic acids is 1. The smallest absolute Gasteiger partial charge is 0.224 e. The Bertz CT molecular complexity index is 374. The SMILES string of the molecule is Cc1cc(NC(=O)CC(C)C)cc(C)c1O. The van der Waals surface area contributed by atoms with Crippen LogP contribution >= 0.6 is 0 Å². The van der Waals surface area contributed by atoms with Gasteiger partial charge in [-0.3, -0.25) is 4.79 Å². The molecule has 0 saturated heterocycles. The Hall–Kier alpha value is -1.51. The molecule has 0 heterocycles. The van der Waals surface area contributed by atoms with Crippen molar-refractivity contribution in [3.63, 3.8) is 0 Å². The molecule has 0 aromatic heterocycles. The molecule has 0 aliphatic heterocycles. The van der Waals surface area contributed by atoms with Crippen LogP contribution in [0.25, 0.3) is 0 Å². The van der Waals surface area contributed by atoms with E-state index in [0.29, 0.717) is 18.1 Å². The molecule has 0 radical (unpaired) electrons. The third-order valence-electron chi connectivity index (χ3n) is 2.37. The minimum Gasteiger partial charge on any atom is -0.507 e. The molecule has 1 rings (SSSR count). The molecule has 1 aromatic carbocycles. The minimum absolute atomic E-state index is 0.0134. The summed E-state index contributed by atoms with van der Waals surface area (Å²) < 4.78 is 0. The zero-order valence-electron chi connectivity index (χ0n) is 10.3. The van der Waals surface area contributed by atoms with Crippen LogP contribution in [0.15, 0.2) is 12.1 Å². The number of phenols is 1. The topological polar surface area (TPSA) is 49.3 Å². The number of anilines is 1. The first-order chi connectivity index (χ1) is 7.40. The van der Waals surface area contributed by atoms with Gasteiger partial charge in [0.25, 0.3) is 0 Å². The van der Waals surface area contributed by atoms with Crippen LogP contribution < -0.4 is 5.32 Å². The van der Waals surface area contributed by atoms with E-state index in [1.54, 1.807) is 12.1 Å². The van der Waals surface area contributed by atoms with Gasteiger partial charge in [-0.05, 0) is 43.0 Å². The Morgan fingerprint density at radius 3 is 2.25 bits per heavy atom. The Labute approximate surface area is 96.5 Å². The number of nitrogens with one attached hydrogen (secondary N) is 1. The van der Waals surface area contributed by atoms with E-state index < -0.39 is 0 Å². The van der Waals surface area contributed by atoms with Crippen LogP contribution in [0, 0.1) is 19.8 Å². The highest BCUT2D eigenvalue weighted by Gasteiger charge is 2.08. The van der Waals surface area contributed by atoms with Gasteiger partial charge in [-0.2, -0.15) is 0 Å². The van der Waals surface area contributed by atoms with Crippen LogP contribution in [0.4, 0.5) is 5.69 Å².